The smallest absolute Gasteiger partial charge is 0.179 e. The first-order valence-electron chi connectivity index (χ1n) is 12.5. The third kappa shape index (κ3) is 4.80. The highest BCUT2D eigenvalue weighted by atomic mass is 16.5. The molecule has 1 fully saturated rings. The molecule has 3 aliphatic rings. The molecule has 1 unspecified atom stereocenters. The maximum Gasteiger partial charge on any atom is 0.179 e. The van der Waals surface area contributed by atoms with Crippen molar-refractivity contribution in [2.45, 2.75) is 31.9 Å². The average molecular weight is 502 g/mol. The van der Waals surface area contributed by atoms with E-state index in [0.717, 1.165) is 67.4 Å². The normalized spacial score (nSPS) is 23.1. The lowest BCUT2D eigenvalue weighted by Crippen LogP contribution is -2.51. The fourth-order valence-electron chi connectivity index (χ4n) is 5.12. The number of piperidine rings is 1. The van der Waals surface area contributed by atoms with Crippen LogP contribution in [0, 0.1) is 6.92 Å². The number of methoxy groups -OCH3 is 1. The number of rotatable bonds is 6. The number of hydrogen-bond acceptors (Lipinski definition) is 9. The number of hydrogen-bond donors (Lipinski definition) is 2. The first-order valence-corrected chi connectivity index (χ1v) is 12.5. The lowest BCUT2D eigenvalue weighted by molar-refractivity contribution is 0.0197. The highest BCUT2D eigenvalue weighted by molar-refractivity contribution is 6.05. The van der Waals surface area contributed by atoms with Gasteiger partial charge in [-0.25, -0.2) is 19.5 Å². The Kier molecular flexibility index (Phi) is 6.33. The van der Waals surface area contributed by atoms with E-state index in [1.54, 1.807) is 18.0 Å². The standard InChI is InChI=1S/C26H31N9O2/c1-17-11-19(3-4-22(17)37-20-6-10-34-24(12-20)28-15-30-34)32-26-25-18(5-9-35(25)31-16-29-26)13-33-8-7-21(27)23(14-33)36-2/h3-4,6,10-12,15-16,21,23H,5,7-9,13-14,27H2,1-2H3,(H,29,31,32)/t21-,23?/m0/s1. The second kappa shape index (κ2) is 9.92. The van der Waals surface area contributed by atoms with Gasteiger partial charge >= 0.3 is 0 Å². The second-order valence-electron chi connectivity index (χ2n) is 9.62. The summed E-state index contributed by atoms with van der Waals surface area (Å²) in [5.74, 6) is 2.19. The topological polar surface area (TPSA) is 118 Å². The molecule has 11 nitrogen and oxygen atoms in total. The van der Waals surface area contributed by atoms with E-state index in [9.17, 15) is 0 Å². The van der Waals surface area contributed by atoms with E-state index < -0.39 is 0 Å². The summed E-state index contributed by atoms with van der Waals surface area (Å²) in [7, 11) is 1.74. The molecule has 2 atom stereocenters. The largest absolute Gasteiger partial charge is 0.457 e. The Morgan fingerprint density at radius 3 is 3.00 bits per heavy atom. The van der Waals surface area contributed by atoms with E-state index >= 15 is 0 Å². The number of pyridine rings is 1. The third-order valence-corrected chi connectivity index (χ3v) is 7.14. The Balaban J connectivity index is 1.22. The highest BCUT2D eigenvalue weighted by Crippen LogP contribution is 2.31. The maximum absolute atomic E-state index is 6.22. The van der Waals surface area contributed by atoms with Crippen molar-refractivity contribution >= 4 is 23.5 Å². The molecular weight excluding hydrogens is 470 g/mol. The van der Waals surface area contributed by atoms with Crippen molar-refractivity contribution in [3.8, 4) is 11.5 Å². The van der Waals surface area contributed by atoms with Gasteiger partial charge in [-0.3, -0.25) is 15.3 Å². The van der Waals surface area contributed by atoms with Gasteiger partial charge in [0.25, 0.3) is 0 Å². The summed E-state index contributed by atoms with van der Waals surface area (Å²) in [4.78, 5) is 16.2. The van der Waals surface area contributed by atoms with E-state index in [1.165, 1.54) is 11.9 Å². The first kappa shape index (κ1) is 23.6. The van der Waals surface area contributed by atoms with Crippen LogP contribution < -0.4 is 15.9 Å². The number of nitrogens with two attached hydrogens (primary N) is 1. The minimum atomic E-state index is 0.0643. The van der Waals surface area contributed by atoms with Gasteiger partial charge in [-0.2, -0.15) is 5.10 Å². The van der Waals surface area contributed by atoms with Gasteiger partial charge in [0.15, 0.2) is 11.5 Å². The van der Waals surface area contributed by atoms with Gasteiger partial charge in [-0.15, -0.1) is 0 Å². The van der Waals surface area contributed by atoms with E-state index in [0.29, 0.717) is 11.6 Å². The van der Waals surface area contributed by atoms with Gasteiger partial charge < -0.3 is 15.2 Å². The molecule has 1 saturated heterocycles. The maximum atomic E-state index is 6.22. The number of aromatic nitrogens is 3. The highest BCUT2D eigenvalue weighted by Gasteiger charge is 2.32. The Bertz CT molecular complexity index is 1400. The molecule has 3 aromatic rings. The number of amidine groups is 1. The Labute approximate surface area is 215 Å². The third-order valence-electron chi connectivity index (χ3n) is 7.14. The minimum Gasteiger partial charge on any atom is -0.457 e. The molecule has 0 saturated carbocycles. The SMILES string of the molecule is COC1CN(CC2=C3C(=Nc4ccc(Oc5ccn6ncnc6c5)c(C)c4)N=CNN3CC2)CC[C@@H]1N. The number of likely N-dealkylation sites (tertiary alicyclic amines) is 1. The predicted octanol–water partition coefficient (Wildman–Crippen LogP) is 2.41. The van der Waals surface area contributed by atoms with Gasteiger partial charge in [0, 0.05) is 51.6 Å². The van der Waals surface area contributed by atoms with Crippen LogP contribution in [0.3, 0.4) is 0 Å². The van der Waals surface area contributed by atoms with Crippen LogP contribution in [0.5, 0.6) is 11.5 Å². The van der Waals surface area contributed by atoms with Crippen molar-refractivity contribution in [3.63, 3.8) is 0 Å². The zero-order chi connectivity index (χ0) is 25.4. The summed E-state index contributed by atoms with van der Waals surface area (Å²) in [5, 5.41) is 6.26. The summed E-state index contributed by atoms with van der Waals surface area (Å²) in [6, 6.07) is 9.74. The van der Waals surface area contributed by atoms with Gasteiger partial charge in [0.2, 0.25) is 0 Å². The molecule has 192 valence electrons. The lowest BCUT2D eigenvalue weighted by atomic mass is 10.0. The van der Waals surface area contributed by atoms with Crippen LogP contribution in [-0.4, -0.2) is 82.1 Å². The van der Waals surface area contributed by atoms with Gasteiger partial charge in [-0.05, 0) is 55.2 Å². The number of ether oxygens (including phenoxy) is 2. The fraction of sp³-hybridized carbons (Fsp3) is 0.385. The number of hydrazine groups is 1. The fourth-order valence-corrected chi connectivity index (χ4v) is 5.12. The van der Waals surface area contributed by atoms with Crippen LogP contribution in [-0.2, 0) is 4.74 Å². The average Bonchev–Trinajstić information content (AvgIpc) is 3.54. The molecule has 0 amide bonds. The van der Waals surface area contributed by atoms with Crippen LogP contribution in [0.15, 0.2) is 64.1 Å². The first-order chi connectivity index (χ1) is 18.1. The Morgan fingerprint density at radius 1 is 1.22 bits per heavy atom. The van der Waals surface area contributed by atoms with Crippen LogP contribution in [0.2, 0.25) is 0 Å². The van der Waals surface area contributed by atoms with Crippen LogP contribution >= 0.6 is 0 Å². The number of aliphatic imine (C=N–C) groups is 2. The van der Waals surface area contributed by atoms with Gasteiger partial charge in [-0.1, -0.05) is 0 Å². The summed E-state index contributed by atoms with van der Waals surface area (Å²) in [6.45, 7) is 5.56. The summed E-state index contributed by atoms with van der Waals surface area (Å²) in [6.07, 6.45) is 7.02. The molecule has 2 aromatic heterocycles. The van der Waals surface area contributed by atoms with E-state index in [4.69, 9.17) is 20.2 Å². The second-order valence-corrected chi connectivity index (χ2v) is 9.62. The molecule has 11 heteroatoms. The number of fused-ring (bicyclic) bond motifs is 2. The zero-order valence-electron chi connectivity index (χ0n) is 21.0. The minimum absolute atomic E-state index is 0.0643. The van der Waals surface area contributed by atoms with E-state index in [1.807, 2.05) is 43.5 Å². The van der Waals surface area contributed by atoms with Crippen molar-refractivity contribution in [3.05, 3.63) is 59.7 Å². The monoisotopic (exact) mass is 501 g/mol. The van der Waals surface area contributed by atoms with Gasteiger partial charge in [0.1, 0.15) is 29.9 Å². The molecule has 0 aliphatic carbocycles. The molecule has 1 aromatic carbocycles. The molecule has 0 spiro atoms. The lowest BCUT2D eigenvalue weighted by Gasteiger charge is -2.36. The molecule has 3 aliphatic heterocycles. The summed E-state index contributed by atoms with van der Waals surface area (Å²) < 4.78 is 13.4. The van der Waals surface area contributed by atoms with Crippen molar-refractivity contribution in [1.82, 2.24) is 29.9 Å². The molecular formula is C26H31N9O2. The molecule has 3 N–H and O–H groups in total. The Hall–Kier alpha value is -3.80. The summed E-state index contributed by atoms with van der Waals surface area (Å²) >= 11 is 0. The van der Waals surface area contributed by atoms with Crippen LogP contribution in [0.25, 0.3) is 5.65 Å². The molecule has 5 heterocycles. The number of aryl methyl sites for hydroxylation is 1. The van der Waals surface area contributed by atoms with Crippen molar-refractivity contribution in [2.75, 3.05) is 33.3 Å². The molecule has 0 bridgehead atoms. The van der Waals surface area contributed by atoms with Crippen molar-refractivity contribution in [1.29, 1.82) is 0 Å². The quantitative estimate of drug-likeness (QED) is 0.529. The number of benzene rings is 1. The zero-order valence-corrected chi connectivity index (χ0v) is 21.0. The van der Waals surface area contributed by atoms with Crippen LogP contribution in [0.4, 0.5) is 5.69 Å². The van der Waals surface area contributed by atoms with E-state index in [2.05, 4.69) is 30.4 Å². The molecule has 37 heavy (non-hydrogen) atoms. The number of nitrogens with zero attached hydrogens (tertiary/aromatic N) is 7. The van der Waals surface area contributed by atoms with E-state index in [-0.39, 0.29) is 12.1 Å². The van der Waals surface area contributed by atoms with Crippen LogP contribution in [0.1, 0.15) is 18.4 Å². The number of nitrogens with one attached hydrogen (secondary N) is 1. The predicted molar refractivity (Wildman–Crippen MR) is 141 cm³/mol. The van der Waals surface area contributed by atoms with Crippen molar-refractivity contribution < 1.29 is 9.47 Å². The molecule has 6 rings (SSSR count). The Morgan fingerprint density at radius 2 is 2.14 bits per heavy atom. The molecule has 0 radical (unpaired) electrons. The summed E-state index contributed by atoms with van der Waals surface area (Å²) in [5.41, 5.74) is 14.4. The van der Waals surface area contributed by atoms with Crippen molar-refractivity contribution in [2.24, 2.45) is 15.7 Å². The van der Waals surface area contributed by atoms with Gasteiger partial charge in [0.05, 0.1) is 11.8 Å².